The van der Waals surface area contributed by atoms with Gasteiger partial charge in [-0.15, -0.1) is 0 Å². The molecule has 30 heavy (non-hydrogen) atoms. The molecule has 0 radical (unpaired) electrons. The molecule has 0 bridgehead atoms. The lowest BCUT2D eigenvalue weighted by molar-refractivity contribution is -0.101. The summed E-state index contributed by atoms with van der Waals surface area (Å²) in [6.45, 7) is 5.04. The van der Waals surface area contributed by atoms with Gasteiger partial charge >= 0.3 is 0 Å². The summed E-state index contributed by atoms with van der Waals surface area (Å²) in [4.78, 5) is 12.9. The van der Waals surface area contributed by atoms with Gasteiger partial charge in [0.15, 0.2) is 0 Å². The number of hydrogen-bond acceptors (Lipinski definition) is 4. The van der Waals surface area contributed by atoms with E-state index in [1.807, 2.05) is 4.57 Å². The van der Waals surface area contributed by atoms with Gasteiger partial charge in [0, 0.05) is 23.7 Å². The average molecular weight is 410 g/mol. The Kier molecular flexibility index (Phi) is 5.66. The molecular formula is C25H31NO4. The maximum atomic E-state index is 12.9. The van der Waals surface area contributed by atoms with Crippen LogP contribution in [0.5, 0.6) is 5.75 Å². The molecular weight excluding hydrogens is 378 g/mol. The standard InChI is InChI=1S/C25H31NO4/c1-2-21-23(30-16-20-15-28-11-12-29-20)14-24(27)26-10-9-19-13-18(6-5-17-3-4-17)7-8-22(19)25(21)26/h7-8,13-14,17,20H,2-6,9-12,15-16H2,1H3. The van der Waals surface area contributed by atoms with Crippen LogP contribution in [-0.4, -0.2) is 37.1 Å². The van der Waals surface area contributed by atoms with E-state index in [-0.39, 0.29) is 11.7 Å². The highest BCUT2D eigenvalue weighted by Crippen LogP contribution is 2.37. The van der Waals surface area contributed by atoms with Crippen molar-refractivity contribution < 1.29 is 14.2 Å². The molecule has 5 rings (SSSR count). The first-order chi connectivity index (χ1) is 14.7. The number of hydrogen-bond donors (Lipinski definition) is 0. The number of nitrogens with zero attached hydrogens (tertiary/aromatic N) is 1. The van der Waals surface area contributed by atoms with E-state index < -0.39 is 0 Å². The molecule has 3 heterocycles. The molecule has 1 unspecified atom stereocenters. The van der Waals surface area contributed by atoms with Crippen molar-refractivity contribution in [3.05, 3.63) is 51.3 Å². The summed E-state index contributed by atoms with van der Waals surface area (Å²) in [5.74, 6) is 1.64. The lowest BCUT2D eigenvalue weighted by atomic mass is 9.90. The minimum atomic E-state index is -0.0800. The minimum absolute atomic E-state index is 0.0153. The largest absolute Gasteiger partial charge is 0.490 e. The van der Waals surface area contributed by atoms with Crippen LogP contribution in [0.3, 0.4) is 0 Å². The fourth-order valence-electron chi connectivity index (χ4n) is 4.73. The maximum absolute atomic E-state index is 12.9. The molecule has 1 saturated carbocycles. The van der Waals surface area contributed by atoms with Gasteiger partial charge in [0.1, 0.15) is 18.5 Å². The molecule has 1 atom stereocenters. The van der Waals surface area contributed by atoms with Crippen molar-refractivity contribution in [1.29, 1.82) is 0 Å². The second-order valence-corrected chi connectivity index (χ2v) is 8.78. The van der Waals surface area contributed by atoms with Crippen LogP contribution in [0.4, 0.5) is 0 Å². The van der Waals surface area contributed by atoms with Gasteiger partial charge < -0.3 is 18.8 Å². The molecule has 5 nitrogen and oxygen atoms in total. The number of pyridine rings is 1. The van der Waals surface area contributed by atoms with Crippen LogP contribution in [0.15, 0.2) is 29.1 Å². The van der Waals surface area contributed by atoms with Crippen LogP contribution in [0.25, 0.3) is 11.3 Å². The van der Waals surface area contributed by atoms with Gasteiger partial charge in [0.25, 0.3) is 5.56 Å². The fourth-order valence-corrected chi connectivity index (χ4v) is 4.73. The van der Waals surface area contributed by atoms with E-state index in [1.54, 1.807) is 6.07 Å². The molecule has 0 spiro atoms. The van der Waals surface area contributed by atoms with E-state index in [0.717, 1.165) is 43.0 Å². The number of aromatic nitrogens is 1. The molecule has 2 aromatic rings. The predicted octanol–water partition coefficient (Wildman–Crippen LogP) is 3.77. The van der Waals surface area contributed by atoms with Crippen LogP contribution in [-0.2, 0) is 35.3 Å². The third-order valence-electron chi connectivity index (χ3n) is 6.60. The molecule has 2 fully saturated rings. The molecule has 1 aromatic carbocycles. The second-order valence-electron chi connectivity index (χ2n) is 8.78. The number of rotatable bonds is 7. The van der Waals surface area contributed by atoms with Crippen molar-refractivity contribution in [2.24, 2.45) is 5.92 Å². The first-order valence-corrected chi connectivity index (χ1v) is 11.4. The summed E-state index contributed by atoms with van der Waals surface area (Å²) in [5, 5.41) is 0. The normalized spacial score (nSPS) is 20.5. The molecule has 3 aliphatic rings. The number of aryl methyl sites for hydroxylation is 2. The quantitative estimate of drug-likeness (QED) is 0.699. The average Bonchev–Trinajstić information content (AvgIpc) is 3.61. The Morgan fingerprint density at radius 2 is 2.10 bits per heavy atom. The number of benzene rings is 1. The predicted molar refractivity (Wildman–Crippen MR) is 116 cm³/mol. The SMILES string of the molecule is CCc1c(OCC2COCCO2)cc(=O)n2c1-c1ccc(CCC3CC3)cc1CC2. The molecule has 1 aromatic heterocycles. The Bertz CT molecular complexity index is 970. The van der Waals surface area contributed by atoms with Crippen molar-refractivity contribution in [1.82, 2.24) is 4.57 Å². The molecule has 5 heteroatoms. The molecule has 160 valence electrons. The summed E-state index contributed by atoms with van der Waals surface area (Å²) in [5.41, 5.74) is 6.14. The molecule has 1 saturated heterocycles. The minimum Gasteiger partial charge on any atom is -0.490 e. The number of ether oxygens (including phenoxy) is 3. The van der Waals surface area contributed by atoms with Crippen molar-refractivity contribution >= 4 is 0 Å². The first-order valence-electron chi connectivity index (χ1n) is 11.4. The summed E-state index contributed by atoms with van der Waals surface area (Å²) < 4.78 is 19.2. The molecule has 2 aliphatic heterocycles. The Balaban J connectivity index is 1.45. The van der Waals surface area contributed by atoms with Crippen LogP contribution in [0.1, 0.15) is 42.9 Å². The molecule has 0 amide bonds. The summed E-state index contributed by atoms with van der Waals surface area (Å²) >= 11 is 0. The zero-order valence-electron chi connectivity index (χ0n) is 17.8. The lowest BCUT2D eigenvalue weighted by Gasteiger charge is -2.27. The van der Waals surface area contributed by atoms with Crippen LogP contribution < -0.4 is 10.3 Å². The third kappa shape index (κ3) is 4.06. The highest BCUT2D eigenvalue weighted by Gasteiger charge is 2.25. The first kappa shape index (κ1) is 19.8. The topological polar surface area (TPSA) is 49.7 Å². The van der Waals surface area contributed by atoms with Crippen molar-refractivity contribution in [3.63, 3.8) is 0 Å². The second kappa shape index (κ2) is 8.56. The Morgan fingerprint density at radius 3 is 2.87 bits per heavy atom. The van der Waals surface area contributed by atoms with Gasteiger partial charge in [-0.25, -0.2) is 0 Å². The number of fused-ring (bicyclic) bond motifs is 3. The van der Waals surface area contributed by atoms with Crippen LogP contribution in [0, 0.1) is 5.92 Å². The smallest absolute Gasteiger partial charge is 0.254 e. The molecule has 1 aliphatic carbocycles. The zero-order valence-corrected chi connectivity index (χ0v) is 17.8. The Hall–Kier alpha value is -2.11. The summed E-state index contributed by atoms with van der Waals surface area (Å²) in [6, 6.07) is 8.50. The molecule has 0 N–H and O–H groups in total. The van der Waals surface area contributed by atoms with Gasteiger partial charge in [-0.3, -0.25) is 4.79 Å². The van der Waals surface area contributed by atoms with Gasteiger partial charge in [-0.2, -0.15) is 0 Å². The van der Waals surface area contributed by atoms with Gasteiger partial charge in [-0.05, 0) is 42.7 Å². The van der Waals surface area contributed by atoms with Crippen LogP contribution in [0.2, 0.25) is 0 Å². The van der Waals surface area contributed by atoms with Crippen molar-refractivity contribution in [3.8, 4) is 17.0 Å². The lowest BCUT2D eigenvalue weighted by Crippen LogP contribution is -2.34. The van der Waals surface area contributed by atoms with Crippen molar-refractivity contribution in [2.75, 3.05) is 26.4 Å². The van der Waals surface area contributed by atoms with Crippen LogP contribution >= 0.6 is 0 Å². The highest BCUT2D eigenvalue weighted by atomic mass is 16.6. The maximum Gasteiger partial charge on any atom is 0.254 e. The highest BCUT2D eigenvalue weighted by molar-refractivity contribution is 5.71. The van der Waals surface area contributed by atoms with Gasteiger partial charge in [0.2, 0.25) is 0 Å². The Morgan fingerprint density at radius 1 is 1.20 bits per heavy atom. The fraction of sp³-hybridized carbons (Fsp3) is 0.560. The zero-order chi connectivity index (χ0) is 20.5. The van der Waals surface area contributed by atoms with E-state index in [2.05, 4.69) is 25.1 Å². The van der Waals surface area contributed by atoms with Gasteiger partial charge in [0.05, 0.1) is 25.5 Å². The third-order valence-corrected chi connectivity index (χ3v) is 6.60. The van der Waals surface area contributed by atoms with Gasteiger partial charge in [-0.1, -0.05) is 38.0 Å². The monoisotopic (exact) mass is 409 g/mol. The summed E-state index contributed by atoms with van der Waals surface area (Å²) in [7, 11) is 0. The van der Waals surface area contributed by atoms with E-state index in [1.165, 1.54) is 36.0 Å². The summed E-state index contributed by atoms with van der Waals surface area (Å²) in [6.07, 6.45) is 6.93. The van der Waals surface area contributed by atoms with E-state index in [0.29, 0.717) is 32.2 Å². The van der Waals surface area contributed by atoms with E-state index in [4.69, 9.17) is 14.2 Å². The van der Waals surface area contributed by atoms with E-state index in [9.17, 15) is 4.79 Å². The van der Waals surface area contributed by atoms with E-state index >= 15 is 0 Å². The van der Waals surface area contributed by atoms with Crippen molar-refractivity contribution in [2.45, 2.75) is 58.1 Å². The Labute approximate surface area is 178 Å².